The van der Waals surface area contributed by atoms with E-state index in [1.807, 2.05) is 0 Å². The summed E-state index contributed by atoms with van der Waals surface area (Å²) in [6, 6.07) is 0.794. The highest BCUT2D eigenvalue weighted by Gasteiger charge is 2.35. The van der Waals surface area contributed by atoms with Gasteiger partial charge in [-0.2, -0.15) is 4.37 Å². The molecule has 3 rings (SSSR count). The van der Waals surface area contributed by atoms with E-state index in [1.54, 1.807) is 11.5 Å². The van der Waals surface area contributed by atoms with Crippen molar-refractivity contribution in [2.75, 3.05) is 31.6 Å². The highest BCUT2D eigenvalue weighted by atomic mass is 32.1. The minimum atomic E-state index is 0.634. The summed E-state index contributed by atoms with van der Waals surface area (Å²) in [6.07, 6.45) is 5.00. The molecule has 0 N–H and O–H groups in total. The van der Waals surface area contributed by atoms with Crippen LogP contribution in [-0.4, -0.2) is 47.0 Å². The van der Waals surface area contributed by atoms with Crippen LogP contribution in [0.15, 0.2) is 0 Å². The Hall–Kier alpha value is -0.680. The molecule has 2 aliphatic rings. The van der Waals surface area contributed by atoms with E-state index in [4.69, 9.17) is 4.98 Å². The Morgan fingerprint density at radius 2 is 2.15 bits per heavy atom. The Morgan fingerprint density at radius 1 is 1.30 bits per heavy atom. The summed E-state index contributed by atoms with van der Waals surface area (Å²) >= 11 is 1.59. The molecule has 4 nitrogen and oxygen atoms in total. The third-order valence-electron chi connectivity index (χ3n) is 4.66. The lowest BCUT2D eigenvalue weighted by atomic mass is 9.84. The largest absolute Gasteiger partial charge is 0.346 e. The number of nitrogens with zero attached hydrogens (tertiary/aromatic N) is 4. The summed E-state index contributed by atoms with van der Waals surface area (Å²) in [7, 11) is 2.29. The van der Waals surface area contributed by atoms with Crippen molar-refractivity contribution in [3.8, 4) is 0 Å². The number of piperidine rings is 2. The lowest BCUT2D eigenvalue weighted by molar-refractivity contribution is 0.102. The quantitative estimate of drug-likeness (QED) is 0.858. The van der Waals surface area contributed by atoms with Gasteiger partial charge in [-0.1, -0.05) is 13.8 Å². The van der Waals surface area contributed by atoms with Gasteiger partial charge in [0.15, 0.2) is 0 Å². The summed E-state index contributed by atoms with van der Waals surface area (Å²) in [6.45, 7) is 8.04. The van der Waals surface area contributed by atoms with Crippen LogP contribution in [0.4, 0.5) is 5.13 Å². The van der Waals surface area contributed by atoms with Gasteiger partial charge in [0.05, 0.1) is 0 Å². The predicted octanol–water partition coefficient (Wildman–Crippen LogP) is 2.66. The molecule has 2 atom stereocenters. The Kier molecular flexibility index (Phi) is 4.26. The molecule has 5 heteroatoms. The molecule has 0 aliphatic carbocycles. The maximum absolute atomic E-state index is 4.75. The van der Waals surface area contributed by atoms with Crippen LogP contribution in [0.2, 0.25) is 0 Å². The van der Waals surface area contributed by atoms with Gasteiger partial charge in [0, 0.05) is 37.1 Å². The van der Waals surface area contributed by atoms with Crippen LogP contribution in [0.1, 0.15) is 38.9 Å². The first-order valence-corrected chi connectivity index (χ1v) is 8.68. The first-order chi connectivity index (χ1) is 9.63. The number of hydrogen-bond donors (Lipinski definition) is 0. The fourth-order valence-corrected chi connectivity index (χ4v) is 4.38. The average molecular weight is 294 g/mol. The topological polar surface area (TPSA) is 32.3 Å². The smallest absolute Gasteiger partial charge is 0.205 e. The molecule has 2 unspecified atom stereocenters. The van der Waals surface area contributed by atoms with Gasteiger partial charge < -0.3 is 9.80 Å². The van der Waals surface area contributed by atoms with Crippen molar-refractivity contribution in [2.24, 2.45) is 11.8 Å². The molecule has 0 aromatic carbocycles. The standard InChI is InChI=1S/C15H26N4S/c1-11(2)9-14-16-15(20-17-14)19-8-6-13-12(10-19)5-4-7-18(13)3/h11-13H,4-10H2,1-3H3. The summed E-state index contributed by atoms with van der Waals surface area (Å²) in [5.74, 6) is 2.48. The molecule has 3 heterocycles. The van der Waals surface area contributed by atoms with E-state index in [0.29, 0.717) is 5.92 Å². The minimum absolute atomic E-state index is 0.634. The Labute approximate surface area is 126 Å². The van der Waals surface area contributed by atoms with E-state index in [-0.39, 0.29) is 0 Å². The van der Waals surface area contributed by atoms with E-state index < -0.39 is 0 Å². The van der Waals surface area contributed by atoms with Gasteiger partial charge in [-0.15, -0.1) is 0 Å². The molecule has 2 aliphatic heterocycles. The minimum Gasteiger partial charge on any atom is -0.346 e. The zero-order valence-corrected chi connectivity index (χ0v) is 13.7. The van der Waals surface area contributed by atoms with Crippen LogP contribution in [0, 0.1) is 11.8 Å². The van der Waals surface area contributed by atoms with Gasteiger partial charge in [-0.3, -0.25) is 0 Å². The molecule has 0 spiro atoms. The van der Waals surface area contributed by atoms with Crippen LogP contribution in [0.5, 0.6) is 0 Å². The SMILES string of the molecule is CC(C)Cc1nsc(N2CCC3C(CCCN3C)C2)n1. The third kappa shape index (κ3) is 2.98. The normalized spacial score (nSPS) is 27.9. The number of likely N-dealkylation sites (tertiary alicyclic amines) is 1. The first kappa shape index (κ1) is 14.3. The van der Waals surface area contributed by atoms with Crippen molar-refractivity contribution in [1.82, 2.24) is 14.3 Å². The number of anilines is 1. The number of hydrogen-bond acceptors (Lipinski definition) is 5. The van der Waals surface area contributed by atoms with E-state index in [2.05, 4.69) is 35.1 Å². The van der Waals surface area contributed by atoms with Gasteiger partial charge in [0.2, 0.25) is 5.13 Å². The molecule has 0 amide bonds. The summed E-state index contributed by atoms with van der Waals surface area (Å²) in [4.78, 5) is 9.79. The molecular formula is C15H26N4S. The van der Waals surface area contributed by atoms with Gasteiger partial charge in [0.25, 0.3) is 0 Å². The van der Waals surface area contributed by atoms with Crippen molar-refractivity contribution in [1.29, 1.82) is 0 Å². The molecule has 2 fully saturated rings. The highest BCUT2D eigenvalue weighted by Crippen LogP contribution is 2.32. The van der Waals surface area contributed by atoms with E-state index >= 15 is 0 Å². The molecule has 20 heavy (non-hydrogen) atoms. The highest BCUT2D eigenvalue weighted by molar-refractivity contribution is 7.09. The second-order valence-corrected chi connectivity index (χ2v) is 7.51. The van der Waals surface area contributed by atoms with E-state index in [0.717, 1.165) is 35.9 Å². The average Bonchev–Trinajstić information content (AvgIpc) is 2.86. The fraction of sp³-hybridized carbons (Fsp3) is 0.867. The van der Waals surface area contributed by atoms with Crippen LogP contribution < -0.4 is 4.90 Å². The van der Waals surface area contributed by atoms with Crippen LogP contribution in [0.25, 0.3) is 0 Å². The number of aromatic nitrogens is 2. The van der Waals surface area contributed by atoms with Gasteiger partial charge >= 0.3 is 0 Å². The van der Waals surface area contributed by atoms with Crippen molar-refractivity contribution >= 4 is 16.7 Å². The summed E-state index contributed by atoms with van der Waals surface area (Å²) < 4.78 is 4.53. The van der Waals surface area contributed by atoms with Crippen LogP contribution >= 0.6 is 11.5 Å². The molecule has 0 saturated carbocycles. The Bertz CT molecular complexity index is 445. The monoisotopic (exact) mass is 294 g/mol. The number of fused-ring (bicyclic) bond motifs is 1. The lowest BCUT2D eigenvalue weighted by Gasteiger charge is -2.45. The van der Waals surface area contributed by atoms with Gasteiger partial charge in [0.1, 0.15) is 5.82 Å². The van der Waals surface area contributed by atoms with E-state index in [1.165, 1.54) is 32.4 Å². The Balaban J connectivity index is 1.65. The van der Waals surface area contributed by atoms with Gasteiger partial charge in [-0.25, -0.2) is 4.98 Å². The molecule has 1 aromatic rings. The van der Waals surface area contributed by atoms with Crippen LogP contribution in [0.3, 0.4) is 0 Å². The predicted molar refractivity (Wildman–Crippen MR) is 84.4 cm³/mol. The zero-order chi connectivity index (χ0) is 14.1. The summed E-state index contributed by atoms with van der Waals surface area (Å²) in [5, 5.41) is 1.15. The second-order valence-electron chi connectivity index (χ2n) is 6.78. The van der Waals surface area contributed by atoms with Crippen molar-refractivity contribution in [3.05, 3.63) is 5.82 Å². The third-order valence-corrected chi connectivity index (χ3v) is 5.48. The molecule has 112 valence electrons. The zero-order valence-electron chi connectivity index (χ0n) is 12.9. The van der Waals surface area contributed by atoms with Gasteiger partial charge in [-0.05, 0) is 44.7 Å². The molecule has 0 bridgehead atoms. The fourth-order valence-electron chi connectivity index (χ4n) is 3.65. The van der Waals surface area contributed by atoms with Crippen molar-refractivity contribution < 1.29 is 0 Å². The second kappa shape index (κ2) is 5.98. The van der Waals surface area contributed by atoms with E-state index in [9.17, 15) is 0 Å². The maximum Gasteiger partial charge on any atom is 0.205 e. The van der Waals surface area contributed by atoms with Crippen molar-refractivity contribution in [2.45, 2.75) is 45.6 Å². The summed E-state index contributed by atoms with van der Waals surface area (Å²) in [5.41, 5.74) is 0. The first-order valence-electron chi connectivity index (χ1n) is 7.91. The lowest BCUT2D eigenvalue weighted by Crippen LogP contribution is -2.52. The van der Waals surface area contributed by atoms with Crippen molar-refractivity contribution in [3.63, 3.8) is 0 Å². The van der Waals surface area contributed by atoms with Crippen LogP contribution in [-0.2, 0) is 6.42 Å². The molecule has 0 radical (unpaired) electrons. The molecule has 2 saturated heterocycles. The molecule has 1 aromatic heterocycles. The number of rotatable bonds is 3. The molecular weight excluding hydrogens is 268 g/mol. The maximum atomic E-state index is 4.75. The Morgan fingerprint density at radius 3 is 2.95 bits per heavy atom.